The smallest absolute Gasteiger partial charge is 0.288 e. The number of carbonyl (C=O) groups is 1. The SMILES string of the molecule is O=C(c1ccc(Cl)c([N+](=O)[O-])c1)N(Cc1ccc(Cl)cc1)[C@H]1CCS(=O)(=O)C1. The number of hydrogen-bond donors (Lipinski definition) is 0. The van der Waals surface area contributed by atoms with E-state index in [1.54, 1.807) is 24.3 Å². The van der Waals surface area contributed by atoms with Gasteiger partial charge < -0.3 is 4.90 Å². The highest BCUT2D eigenvalue weighted by atomic mass is 35.5. The Bertz CT molecular complexity index is 1020. The molecule has 2 aromatic rings. The largest absolute Gasteiger partial charge is 0.330 e. The maximum Gasteiger partial charge on any atom is 0.288 e. The van der Waals surface area contributed by atoms with Crippen LogP contribution in [0.1, 0.15) is 22.3 Å². The first-order chi connectivity index (χ1) is 13.2. The average Bonchev–Trinajstić information content (AvgIpc) is 3.00. The molecule has 1 saturated heterocycles. The van der Waals surface area contributed by atoms with E-state index in [0.29, 0.717) is 11.4 Å². The first kappa shape index (κ1) is 20.6. The van der Waals surface area contributed by atoms with Gasteiger partial charge in [-0.05, 0) is 36.2 Å². The topological polar surface area (TPSA) is 97.6 Å². The van der Waals surface area contributed by atoms with Gasteiger partial charge in [-0.2, -0.15) is 0 Å². The minimum Gasteiger partial charge on any atom is -0.330 e. The number of hydrogen-bond acceptors (Lipinski definition) is 5. The molecule has 148 valence electrons. The van der Waals surface area contributed by atoms with Crippen molar-refractivity contribution in [3.63, 3.8) is 0 Å². The third-order valence-corrected chi connectivity index (χ3v) is 6.89. The maximum absolute atomic E-state index is 13.1. The van der Waals surface area contributed by atoms with E-state index in [9.17, 15) is 23.3 Å². The highest BCUT2D eigenvalue weighted by Gasteiger charge is 2.35. The molecule has 7 nitrogen and oxygen atoms in total. The molecule has 28 heavy (non-hydrogen) atoms. The molecule has 10 heteroatoms. The molecule has 0 aromatic heterocycles. The van der Waals surface area contributed by atoms with Crippen LogP contribution >= 0.6 is 23.2 Å². The van der Waals surface area contributed by atoms with Crippen molar-refractivity contribution in [2.45, 2.75) is 19.0 Å². The monoisotopic (exact) mass is 442 g/mol. The van der Waals surface area contributed by atoms with Crippen LogP contribution in [0.5, 0.6) is 0 Å². The van der Waals surface area contributed by atoms with Gasteiger partial charge >= 0.3 is 0 Å². The minimum atomic E-state index is -3.23. The molecule has 1 heterocycles. The Kier molecular flexibility index (Phi) is 5.92. The Morgan fingerprint density at radius 1 is 1.18 bits per heavy atom. The molecule has 0 saturated carbocycles. The van der Waals surface area contributed by atoms with Gasteiger partial charge in [0.15, 0.2) is 9.84 Å². The second-order valence-electron chi connectivity index (χ2n) is 6.54. The van der Waals surface area contributed by atoms with Crippen molar-refractivity contribution in [2.75, 3.05) is 11.5 Å². The molecule has 0 spiro atoms. The van der Waals surface area contributed by atoms with E-state index >= 15 is 0 Å². The van der Waals surface area contributed by atoms with E-state index in [0.717, 1.165) is 11.6 Å². The van der Waals surface area contributed by atoms with Crippen molar-refractivity contribution >= 4 is 44.6 Å². The molecule has 3 rings (SSSR count). The van der Waals surface area contributed by atoms with Gasteiger partial charge in [-0.3, -0.25) is 14.9 Å². The molecule has 0 N–H and O–H groups in total. The van der Waals surface area contributed by atoms with Crippen molar-refractivity contribution in [1.82, 2.24) is 4.90 Å². The van der Waals surface area contributed by atoms with Crippen molar-refractivity contribution < 1.29 is 18.1 Å². The van der Waals surface area contributed by atoms with E-state index in [2.05, 4.69) is 0 Å². The molecule has 1 aliphatic rings. The first-order valence-corrected chi connectivity index (χ1v) is 10.9. The van der Waals surface area contributed by atoms with Gasteiger partial charge in [-0.25, -0.2) is 8.42 Å². The minimum absolute atomic E-state index is 0.00281. The lowest BCUT2D eigenvalue weighted by Gasteiger charge is -2.28. The zero-order valence-electron chi connectivity index (χ0n) is 14.5. The van der Waals surface area contributed by atoms with Crippen LogP contribution in [0.15, 0.2) is 42.5 Å². The predicted octanol–water partition coefficient (Wildman–Crippen LogP) is 3.73. The van der Waals surface area contributed by atoms with Crippen molar-refractivity contribution in [1.29, 1.82) is 0 Å². The molecule has 1 amide bonds. The van der Waals surface area contributed by atoms with Gasteiger partial charge in [-0.15, -0.1) is 0 Å². The summed E-state index contributed by atoms with van der Waals surface area (Å²) in [5, 5.41) is 11.6. The van der Waals surface area contributed by atoms with Crippen LogP contribution in [-0.2, 0) is 16.4 Å². The summed E-state index contributed by atoms with van der Waals surface area (Å²) in [4.78, 5) is 25.1. The van der Waals surface area contributed by atoms with Crippen LogP contribution < -0.4 is 0 Å². The number of nitro groups is 1. The van der Waals surface area contributed by atoms with Crippen LogP contribution in [0.4, 0.5) is 5.69 Å². The Hall–Kier alpha value is -2.16. The summed E-state index contributed by atoms with van der Waals surface area (Å²) in [5.41, 5.74) is 0.470. The number of sulfone groups is 1. The molecule has 0 unspecified atom stereocenters. The number of nitrogens with zero attached hydrogens (tertiary/aromatic N) is 2. The summed E-state index contributed by atoms with van der Waals surface area (Å²) in [6.45, 7) is 0.159. The Morgan fingerprint density at radius 3 is 2.43 bits per heavy atom. The highest BCUT2D eigenvalue weighted by molar-refractivity contribution is 7.91. The van der Waals surface area contributed by atoms with E-state index < -0.39 is 26.7 Å². The van der Waals surface area contributed by atoms with E-state index in [4.69, 9.17) is 23.2 Å². The lowest BCUT2D eigenvalue weighted by molar-refractivity contribution is -0.384. The fourth-order valence-corrected chi connectivity index (χ4v) is 5.17. The van der Waals surface area contributed by atoms with E-state index in [1.807, 2.05) is 0 Å². The predicted molar refractivity (Wildman–Crippen MR) is 106 cm³/mol. The molecule has 0 aliphatic carbocycles. The molecule has 1 atom stereocenters. The quantitative estimate of drug-likeness (QED) is 0.518. The van der Waals surface area contributed by atoms with Gasteiger partial charge in [0.2, 0.25) is 0 Å². The summed E-state index contributed by atoms with van der Waals surface area (Å²) < 4.78 is 23.9. The van der Waals surface area contributed by atoms with Crippen molar-refractivity contribution in [3.05, 3.63) is 73.8 Å². The summed E-state index contributed by atoms with van der Waals surface area (Å²) >= 11 is 11.7. The van der Waals surface area contributed by atoms with Crippen LogP contribution in [0, 0.1) is 10.1 Å². The number of halogens is 2. The van der Waals surface area contributed by atoms with Crippen molar-refractivity contribution in [2.24, 2.45) is 0 Å². The van der Waals surface area contributed by atoms with Crippen LogP contribution in [-0.4, -0.2) is 41.7 Å². The molecule has 2 aromatic carbocycles. The zero-order valence-corrected chi connectivity index (χ0v) is 16.9. The Balaban J connectivity index is 1.96. The lowest BCUT2D eigenvalue weighted by Crippen LogP contribution is -2.40. The Morgan fingerprint density at radius 2 is 1.86 bits per heavy atom. The number of nitro benzene ring substituents is 1. The molecule has 1 fully saturated rings. The third kappa shape index (κ3) is 4.63. The summed E-state index contributed by atoms with van der Waals surface area (Å²) in [7, 11) is -3.23. The van der Waals surface area contributed by atoms with Gasteiger partial charge in [0.1, 0.15) is 5.02 Å². The fourth-order valence-electron chi connectivity index (χ4n) is 3.13. The van der Waals surface area contributed by atoms with Crippen molar-refractivity contribution in [3.8, 4) is 0 Å². The molecule has 0 bridgehead atoms. The summed E-state index contributed by atoms with van der Waals surface area (Å²) in [5.74, 6) is -0.623. The van der Waals surface area contributed by atoms with E-state index in [1.165, 1.54) is 17.0 Å². The fraction of sp³-hybridized carbons (Fsp3) is 0.278. The molecular formula is C18H16Cl2N2O5S. The second-order valence-corrected chi connectivity index (χ2v) is 9.61. The zero-order chi connectivity index (χ0) is 20.5. The molecular weight excluding hydrogens is 427 g/mol. The number of benzene rings is 2. The number of rotatable bonds is 5. The highest BCUT2D eigenvalue weighted by Crippen LogP contribution is 2.28. The summed E-state index contributed by atoms with van der Waals surface area (Å²) in [6, 6.07) is 10.1. The lowest BCUT2D eigenvalue weighted by atomic mass is 10.1. The maximum atomic E-state index is 13.1. The molecule has 0 radical (unpaired) electrons. The van der Waals surface area contributed by atoms with Gasteiger partial charge in [0.25, 0.3) is 11.6 Å². The number of carbonyl (C=O) groups excluding carboxylic acids is 1. The van der Waals surface area contributed by atoms with E-state index in [-0.39, 0.29) is 34.3 Å². The average molecular weight is 443 g/mol. The third-order valence-electron chi connectivity index (χ3n) is 4.57. The molecule has 1 aliphatic heterocycles. The number of amides is 1. The first-order valence-electron chi connectivity index (χ1n) is 8.36. The van der Waals surface area contributed by atoms with Crippen LogP contribution in [0.3, 0.4) is 0 Å². The Labute approximate surface area is 171 Å². The van der Waals surface area contributed by atoms with Gasteiger partial charge in [0.05, 0.1) is 16.4 Å². The second kappa shape index (κ2) is 8.06. The normalized spacial score (nSPS) is 18.0. The van der Waals surface area contributed by atoms with Crippen LogP contribution in [0.25, 0.3) is 0 Å². The standard InChI is InChI=1S/C18H16Cl2N2O5S/c19-14-4-1-12(2-5-14)10-21(15-7-8-28(26,27)11-15)18(23)13-3-6-16(20)17(9-13)22(24)25/h1-6,9,15H,7-8,10-11H2/t15-/m0/s1. The summed E-state index contributed by atoms with van der Waals surface area (Å²) in [6.07, 6.45) is 0.317. The van der Waals surface area contributed by atoms with Crippen LogP contribution in [0.2, 0.25) is 10.0 Å². The van der Waals surface area contributed by atoms with Gasteiger partial charge in [-0.1, -0.05) is 35.3 Å². The van der Waals surface area contributed by atoms with Gasteiger partial charge in [0, 0.05) is 29.2 Å².